The van der Waals surface area contributed by atoms with Crippen LogP contribution in [0.15, 0.2) is 42.9 Å². The molecule has 0 radical (unpaired) electrons. The van der Waals surface area contributed by atoms with Crippen LogP contribution in [-0.2, 0) is 4.74 Å². The molecule has 3 heterocycles. The zero-order valence-corrected chi connectivity index (χ0v) is 18.0. The normalized spacial score (nSPS) is 21.8. The summed E-state index contributed by atoms with van der Waals surface area (Å²) < 4.78 is 12.0. The zero-order chi connectivity index (χ0) is 21.0. The molecule has 0 amide bonds. The molecule has 7 nitrogen and oxygen atoms in total. The first kappa shape index (κ1) is 20.0. The van der Waals surface area contributed by atoms with Crippen molar-refractivity contribution in [3.63, 3.8) is 0 Å². The van der Waals surface area contributed by atoms with E-state index in [9.17, 15) is 0 Å². The van der Waals surface area contributed by atoms with Gasteiger partial charge in [0.2, 0.25) is 0 Å². The average molecular weight is 420 g/mol. The minimum atomic E-state index is 0.194. The molecule has 2 aliphatic rings. The molecule has 1 aromatic carbocycles. The fourth-order valence-corrected chi connectivity index (χ4v) is 4.42. The summed E-state index contributed by atoms with van der Waals surface area (Å²) in [5, 5.41) is 3.62. The molecular formula is C24H29N5O2. The van der Waals surface area contributed by atoms with Gasteiger partial charge in [0.25, 0.3) is 0 Å². The highest BCUT2D eigenvalue weighted by molar-refractivity contribution is 5.85. The third-order valence-corrected chi connectivity index (χ3v) is 6.15. The topological polar surface area (TPSA) is 72.4 Å². The molecule has 0 unspecified atom stereocenters. The molecule has 0 atom stereocenters. The second kappa shape index (κ2) is 9.06. The molecule has 1 aliphatic heterocycles. The molecule has 31 heavy (non-hydrogen) atoms. The summed E-state index contributed by atoms with van der Waals surface area (Å²) in [6.07, 6.45) is 9.77. The lowest BCUT2D eigenvalue weighted by Gasteiger charge is -2.31. The van der Waals surface area contributed by atoms with Gasteiger partial charge in [-0.3, -0.25) is 9.97 Å². The summed E-state index contributed by atoms with van der Waals surface area (Å²) in [4.78, 5) is 15.8. The third-order valence-electron chi connectivity index (χ3n) is 6.15. The highest BCUT2D eigenvalue weighted by atomic mass is 16.5. The SMILES string of the molecule is Cc1ccc(NC2CCC(Oc3cc(N4CCOCC4)cc4nccnc34)CC2)cn1. The Morgan fingerprint density at radius 1 is 1.00 bits per heavy atom. The van der Waals surface area contributed by atoms with E-state index in [4.69, 9.17) is 9.47 Å². The van der Waals surface area contributed by atoms with E-state index in [1.807, 2.05) is 19.2 Å². The molecule has 2 aromatic heterocycles. The average Bonchev–Trinajstić information content (AvgIpc) is 2.82. The van der Waals surface area contributed by atoms with Crippen LogP contribution in [0, 0.1) is 6.92 Å². The Hall–Kier alpha value is -2.93. The van der Waals surface area contributed by atoms with Crippen molar-refractivity contribution in [3.8, 4) is 5.75 Å². The smallest absolute Gasteiger partial charge is 0.149 e. The van der Waals surface area contributed by atoms with Crippen LogP contribution in [0.3, 0.4) is 0 Å². The van der Waals surface area contributed by atoms with E-state index in [1.165, 1.54) is 0 Å². The quantitative estimate of drug-likeness (QED) is 0.671. The molecule has 1 N–H and O–H groups in total. The number of fused-ring (bicyclic) bond motifs is 1. The van der Waals surface area contributed by atoms with Crippen LogP contribution in [0.2, 0.25) is 0 Å². The van der Waals surface area contributed by atoms with Crippen molar-refractivity contribution in [2.75, 3.05) is 36.5 Å². The molecule has 0 bridgehead atoms. The number of benzene rings is 1. The maximum Gasteiger partial charge on any atom is 0.149 e. The van der Waals surface area contributed by atoms with Crippen molar-refractivity contribution < 1.29 is 9.47 Å². The van der Waals surface area contributed by atoms with Gasteiger partial charge in [-0.1, -0.05) is 0 Å². The summed E-state index contributed by atoms with van der Waals surface area (Å²) in [5.74, 6) is 0.839. The number of aromatic nitrogens is 3. The third kappa shape index (κ3) is 4.71. The summed E-state index contributed by atoms with van der Waals surface area (Å²) in [6.45, 7) is 5.28. The van der Waals surface area contributed by atoms with Crippen LogP contribution >= 0.6 is 0 Å². The monoisotopic (exact) mass is 419 g/mol. The largest absolute Gasteiger partial charge is 0.488 e. The van der Waals surface area contributed by atoms with Crippen LogP contribution in [0.1, 0.15) is 31.4 Å². The minimum absolute atomic E-state index is 0.194. The van der Waals surface area contributed by atoms with Crippen molar-refractivity contribution in [2.24, 2.45) is 0 Å². The van der Waals surface area contributed by atoms with Gasteiger partial charge < -0.3 is 19.7 Å². The maximum atomic E-state index is 6.51. The molecule has 3 aromatic rings. The van der Waals surface area contributed by atoms with Crippen molar-refractivity contribution >= 4 is 22.4 Å². The second-order valence-electron chi connectivity index (χ2n) is 8.39. The van der Waals surface area contributed by atoms with Gasteiger partial charge in [0.15, 0.2) is 0 Å². The van der Waals surface area contributed by atoms with E-state index in [1.54, 1.807) is 12.4 Å². The van der Waals surface area contributed by atoms with Crippen LogP contribution in [0.4, 0.5) is 11.4 Å². The number of rotatable bonds is 5. The number of hydrogen-bond acceptors (Lipinski definition) is 7. The Bertz CT molecular complexity index is 1010. The van der Waals surface area contributed by atoms with Crippen LogP contribution < -0.4 is 15.0 Å². The molecule has 1 saturated carbocycles. The van der Waals surface area contributed by atoms with Crippen molar-refractivity contribution in [2.45, 2.75) is 44.8 Å². The van der Waals surface area contributed by atoms with Gasteiger partial charge in [-0.15, -0.1) is 0 Å². The number of nitrogens with one attached hydrogen (secondary N) is 1. The van der Waals surface area contributed by atoms with E-state index < -0.39 is 0 Å². The zero-order valence-electron chi connectivity index (χ0n) is 18.0. The Kier molecular flexibility index (Phi) is 5.84. The van der Waals surface area contributed by atoms with Gasteiger partial charge in [-0.25, -0.2) is 4.98 Å². The van der Waals surface area contributed by atoms with Crippen molar-refractivity contribution in [3.05, 3.63) is 48.5 Å². The summed E-state index contributed by atoms with van der Waals surface area (Å²) >= 11 is 0. The Morgan fingerprint density at radius 3 is 2.58 bits per heavy atom. The molecule has 2 fully saturated rings. The lowest BCUT2D eigenvalue weighted by molar-refractivity contribution is 0.122. The number of nitrogens with zero attached hydrogens (tertiary/aromatic N) is 4. The van der Waals surface area contributed by atoms with Crippen LogP contribution in [-0.4, -0.2) is 53.4 Å². The van der Waals surface area contributed by atoms with Gasteiger partial charge in [-0.05, 0) is 50.8 Å². The molecule has 0 spiro atoms. The Morgan fingerprint density at radius 2 is 1.81 bits per heavy atom. The molecule has 7 heteroatoms. The molecule has 162 valence electrons. The maximum absolute atomic E-state index is 6.51. The van der Waals surface area contributed by atoms with E-state index in [2.05, 4.69) is 43.4 Å². The number of hydrogen-bond donors (Lipinski definition) is 1. The van der Waals surface area contributed by atoms with Crippen molar-refractivity contribution in [1.29, 1.82) is 0 Å². The first-order chi connectivity index (χ1) is 15.2. The summed E-state index contributed by atoms with van der Waals surface area (Å²) in [6, 6.07) is 8.85. The van der Waals surface area contributed by atoms with Crippen molar-refractivity contribution in [1.82, 2.24) is 15.0 Å². The van der Waals surface area contributed by atoms with Gasteiger partial charge in [0, 0.05) is 49.0 Å². The lowest BCUT2D eigenvalue weighted by Crippen LogP contribution is -2.36. The van der Waals surface area contributed by atoms with E-state index in [0.717, 1.165) is 85.8 Å². The van der Waals surface area contributed by atoms with Gasteiger partial charge in [0.05, 0.1) is 36.7 Å². The summed E-state index contributed by atoms with van der Waals surface area (Å²) in [7, 11) is 0. The highest BCUT2D eigenvalue weighted by Crippen LogP contribution is 2.33. The predicted molar refractivity (Wildman–Crippen MR) is 122 cm³/mol. The van der Waals surface area contributed by atoms with E-state index in [-0.39, 0.29) is 6.10 Å². The number of aryl methyl sites for hydroxylation is 1. The molecule has 1 aliphatic carbocycles. The first-order valence-corrected chi connectivity index (χ1v) is 11.2. The Balaban J connectivity index is 1.27. The highest BCUT2D eigenvalue weighted by Gasteiger charge is 2.24. The number of morpholine rings is 1. The van der Waals surface area contributed by atoms with E-state index in [0.29, 0.717) is 6.04 Å². The number of pyridine rings is 1. The Labute approximate surface area is 182 Å². The fraction of sp³-hybridized carbons (Fsp3) is 0.458. The number of anilines is 2. The van der Waals surface area contributed by atoms with Gasteiger partial charge in [0.1, 0.15) is 11.3 Å². The lowest BCUT2D eigenvalue weighted by atomic mass is 9.92. The number of ether oxygens (including phenoxy) is 2. The first-order valence-electron chi connectivity index (χ1n) is 11.2. The molecule has 5 rings (SSSR count). The fourth-order valence-electron chi connectivity index (χ4n) is 4.42. The van der Waals surface area contributed by atoms with E-state index >= 15 is 0 Å². The predicted octanol–water partition coefficient (Wildman–Crippen LogP) is 3.97. The standard InChI is InChI=1S/C24H29N5O2/c1-17-2-3-19(16-27-17)28-18-4-6-21(7-5-18)31-23-15-20(29-10-12-30-13-11-29)14-22-24(23)26-9-8-25-22/h2-3,8-9,14-16,18,21,28H,4-7,10-13H2,1H3. The van der Waals surface area contributed by atoms with Gasteiger partial charge >= 0.3 is 0 Å². The minimum Gasteiger partial charge on any atom is -0.488 e. The van der Waals surface area contributed by atoms with Crippen LogP contribution in [0.5, 0.6) is 5.75 Å². The molecular weight excluding hydrogens is 390 g/mol. The second-order valence-corrected chi connectivity index (χ2v) is 8.39. The van der Waals surface area contributed by atoms with Crippen LogP contribution in [0.25, 0.3) is 11.0 Å². The summed E-state index contributed by atoms with van der Waals surface area (Å²) in [5.41, 5.74) is 4.98. The molecule has 1 saturated heterocycles. The van der Waals surface area contributed by atoms with Gasteiger partial charge in [-0.2, -0.15) is 0 Å².